The third-order valence-corrected chi connectivity index (χ3v) is 1.86. The van der Waals surface area contributed by atoms with Crippen LogP contribution in [0.4, 0.5) is 0 Å². The number of isothiocyanates is 1. The number of nitrogens with zero attached hydrogens (tertiary/aromatic N) is 1. The van der Waals surface area contributed by atoms with Crippen LogP contribution >= 0.6 is 12.2 Å². The van der Waals surface area contributed by atoms with E-state index in [2.05, 4.69) is 34.5 Å². The van der Waals surface area contributed by atoms with E-state index in [4.69, 9.17) is 4.74 Å². The van der Waals surface area contributed by atoms with Crippen molar-refractivity contribution in [2.24, 2.45) is 4.99 Å². The molecular formula is C11H13NOS. The number of aliphatic imine (C=N–C) groups is 1. The first-order valence-electron chi connectivity index (χ1n) is 4.59. The van der Waals surface area contributed by atoms with Gasteiger partial charge in [-0.2, -0.15) is 0 Å². The van der Waals surface area contributed by atoms with Gasteiger partial charge >= 0.3 is 0 Å². The predicted molar refractivity (Wildman–Crippen MR) is 60.6 cm³/mol. The highest BCUT2D eigenvalue weighted by Gasteiger charge is 1.90. The summed E-state index contributed by atoms with van der Waals surface area (Å²) in [6, 6.07) is 10.1. The lowest BCUT2D eigenvalue weighted by atomic mass is 10.2. The fraction of sp³-hybridized carbons (Fsp3) is 0.364. The Morgan fingerprint density at radius 1 is 1.29 bits per heavy atom. The Kier molecular flexibility index (Phi) is 5.84. The minimum absolute atomic E-state index is 0.669. The normalized spacial score (nSPS) is 9.43. The summed E-state index contributed by atoms with van der Waals surface area (Å²) in [4.78, 5) is 3.80. The molecule has 14 heavy (non-hydrogen) atoms. The van der Waals surface area contributed by atoms with Crippen molar-refractivity contribution in [3.8, 4) is 0 Å². The molecule has 0 spiro atoms. The molecule has 0 atom stereocenters. The minimum atomic E-state index is 0.669. The van der Waals surface area contributed by atoms with E-state index in [1.807, 2.05) is 18.2 Å². The molecule has 0 aromatic heterocycles. The number of benzene rings is 1. The van der Waals surface area contributed by atoms with Gasteiger partial charge in [0.15, 0.2) is 0 Å². The molecular weight excluding hydrogens is 194 g/mol. The highest BCUT2D eigenvalue weighted by atomic mass is 32.1. The molecule has 0 aliphatic carbocycles. The van der Waals surface area contributed by atoms with Crippen molar-refractivity contribution < 1.29 is 4.74 Å². The number of thiocarbonyl (C=S) groups is 1. The lowest BCUT2D eigenvalue weighted by Gasteiger charge is -2.02. The van der Waals surface area contributed by atoms with E-state index in [0.29, 0.717) is 13.2 Å². The van der Waals surface area contributed by atoms with Crippen molar-refractivity contribution in [2.75, 3.05) is 13.2 Å². The lowest BCUT2D eigenvalue weighted by Crippen LogP contribution is -1.96. The fourth-order valence-corrected chi connectivity index (χ4v) is 1.15. The molecule has 0 heterocycles. The molecule has 0 saturated heterocycles. The molecule has 0 fully saturated rings. The zero-order chi connectivity index (χ0) is 10.1. The Morgan fingerprint density at radius 3 is 2.79 bits per heavy atom. The number of hydrogen-bond acceptors (Lipinski definition) is 3. The summed E-state index contributed by atoms with van der Waals surface area (Å²) in [7, 11) is 0. The van der Waals surface area contributed by atoms with Crippen molar-refractivity contribution in [2.45, 2.75) is 13.0 Å². The van der Waals surface area contributed by atoms with E-state index in [9.17, 15) is 0 Å². The summed E-state index contributed by atoms with van der Waals surface area (Å²) in [5.74, 6) is 0. The van der Waals surface area contributed by atoms with Gasteiger partial charge in [-0.15, -0.1) is 0 Å². The Morgan fingerprint density at radius 2 is 2.07 bits per heavy atom. The van der Waals surface area contributed by atoms with Crippen LogP contribution in [0.25, 0.3) is 0 Å². The topological polar surface area (TPSA) is 21.6 Å². The monoisotopic (exact) mass is 207 g/mol. The van der Waals surface area contributed by atoms with Crippen LogP contribution in [0.5, 0.6) is 0 Å². The molecule has 1 rings (SSSR count). The van der Waals surface area contributed by atoms with Gasteiger partial charge < -0.3 is 4.74 Å². The molecule has 2 nitrogen and oxygen atoms in total. The third kappa shape index (κ3) is 4.87. The summed E-state index contributed by atoms with van der Waals surface area (Å²) in [5.41, 5.74) is 1.20. The second-order valence-corrected chi connectivity index (χ2v) is 3.05. The molecule has 0 bridgehead atoms. The highest BCUT2D eigenvalue weighted by molar-refractivity contribution is 7.78. The van der Waals surface area contributed by atoms with Crippen LogP contribution in [-0.2, 0) is 11.3 Å². The number of rotatable bonds is 6. The molecule has 0 amide bonds. The van der Waals surface area contributed by atoms with Crippen molar-refractivity contribution in [3.05, 3.63) is 35.9 Å². The van der Waals surface area contributed by atoms with E-state index < -0.39 is 0 Å². The van der Waals surface area contributed by atoms with E-state index in [0.717, 1.165) is 13.0 Å². The van der Waals surface area contributed by atoms with Crippen LogP contribution in [0, 0.1) is 0 Å². The van der Waals surface area contributed by atoms with Gasteiger partial charge in [0.05, 0.1) is 18.3 Å². The minimum Gasteiger partial charge on any atom is -0.377 e. The first kappa shape index (κ1) is 11.1. The molecule has 0 aliphatic rings. The largest absolute Gasteiger partial charge is 0.377 e. The van der Waals surface area contributed by atoms with Crippen LogP contribution in [0.3, 0.4) is 0 Å². The van der Waals surface area contributed by atoms with E-state index in [-0.39, 0.29) is 0 Å². The maximum Gasteiger partial charge on any atom is 0.0716 e. The molecule has 0 radical (unpaired) electrons. The lowest BCUT2D eigenvalue weighted by molar-refractivity contribution is 0.120. The summed E-state index contributed by atoms with van der Waals surface area (Å²) < 4.78 is 5.44. The fourth-order valence-electron chi connectivity index (χ4n) is 1.06. The Labute approximate surface area is 89.6 Å². The SMILES string of the molecule is S=C=NCCCOCc1ccccc1. The van der Waals surface area contributed by atoms with Crippen LogP contribution < -0.4 is 0 Å². The third-order valence-electron chi connectivity index (χ3n) is 1.73. The Balaban J connectivity index is 2.07. The summed E-state index contributed by atoms with van der Waals surface area (Å²) in [6.45, 7) is 2.09. The smallest absolute Gasteiger partial charge is 0.0716 e. The van der Waals surface area contributed by atoms with Gasteiger partial charge in [0.1, 0.15) is 0 Å². The van der Waals surface area contributed by atoms with Gasteiger partial charge in [-0.05, 0) is 24.2 Å². The van der Waals surface area contributed by atoms with Gasteiger partial charge in [-0.1, -0.05) is 30.3 Å². The first-order chi connectivity index (χ1) is 6.93. The van der Waals surface area contributed by atoms with Crippen molar-refractivity contribution in [1.82, 2.24) is 0 Å². The number of ether oxygens (including phenoxy) is 1. The van der Waals surface area contributed by atoms with E-state index in [1.165, 1.54) is 5.56 Å². The number of hydrogen-bond donors (Lipinski definition) is 0. The van der Waals surface area contributed by atoms with Gasteiger partial charge in [0, 0.05) is 6.61 Å². The molecule has 1 aromatic carbocycles. The quantitative estimate of drug-likeness (QED) is 0.406. The molecule has 0 N–H and O–H groups in total. The van der Waals surface area contributed by atoms with Gasteiger partial charge in [0.2, 0.25) is 0 Å². The molecule has 0 unspecified atom stereocenters. The zero-order valence-corrected chi connectivity index (χ0v) is 8.80. The van der Waals surface area contributed by atoms with Crippen molar-refractivity contribution in [1.29, 1.82) is 0 Å². The molecule has 74 valence electrons. The van der Waals surface area contributed by atoms with Crippen LogP contribution in [0.15, 0.2) is 35.3 Å². The van der Waals surface area contributed by atoms with E-state index in [1.54, 1.807) is 0 Å². The van der Waals surface area contributed by atoms with Crippen molar-refractivity contribution in [3.63, 3.8) is 0 Å². The molecule has 0 aliphatic heterocycles. The summed E-state index contributed by atoms with van der Waals surface area (Å²) >= 11 is 4.45. The summed E-state index contributed by atoms with van der Waals surface area (Å²) in [5, 5.41) is 2.33. The molecule has 3 heteroatoms. The van der Waals surface area contributed by atoms with Crippen molar-refractivity contribution >= 4 is 17.4 Å². The Bertz CT molecular complexity index is 293. The zero-order valence-electron chi connectivity index (χ0n) is 7.98. The second-order valence-electron chi connectivity index (χ2n) is 2.86. The predicted octanol–water partition coefficient (Wildman–Crippen LogP) is 2.70. The average molecular weight is 207 g/mol. The maximum absolute atomic E-state index is 5.44. The molecule has 1 aromatic rings. The standard InChI is InChI=1S/C11H13NOS/c14-10-12-7-4-8-13-9-11-5-2-1-3-6-11/h1-3,5-6H,4,7-9H2. The van der Waals surface area contributed by atoms with Gasteiger partial charge in [-0.25, -0.2) is 4.99 Å². The Hall–Kier alpha value is -1.02. The first-order valence-corrected chi connectivity index (χ1v) is 4.99. The van der Waals surface area contributed by atoms with Crippen LogP contribution in [0.2, 0.25) is 0 Å². The van der Waals surface area contributed by atoms with Gasteiger partial charge in [-0.3, -0.25) is 0 Å². The van der Waals surface area contributed by atoms with Crippen LogP contribution in [0.1, 0.15) is 12.0 Å². The maximum atomic E-state index is 5.44. The van der Waals surface area contributed by atoms with Crippen LogP contribution in [-0.4, -0.2) is 18.3 Å². The highest BCUT2D eigenvalue weighted by Crippen LogP contribution is 2.00. The summed E-state index contributed by atoms with van der Waals surface area (Å²) in [6.07, 6.45) is 0.899. The van der Waals surface area contributed by atoms with E-state index >= 15 is 0 Å². The van der Waals surface area contributed by atoms with Gasteiger partial charge in [0.25, 0.3) is 0 Å². The molecule has 0 saturated carbocycles. The second kappa shape index (κ2) is 7.39. The average Bonchev–Trinajstić information content (AvgIpc) is 2.25.